The summed E-state index contributed by atoms with van der Waals surface area (Å²) in [6, 6.07) is 4.89. The molecule has 0 aliphatic heterocycles. The van der Waals surface area contributed by atoms with Gasteiger partial charge in [0.15, 0.2) is 0 Å². The van der Waals surface area contributed by atoms with E-state index >= 15 is 0 Å². The highest BCUT2D eigenvalue weighted by Gasteiger charge is 2.03. The lowest BCUT2D eigenvalue weighted by atomic mass is 10.1. The Kier molecular flexibility index (Phi) is 3.60. The Balaban J connectivity index is 2.89. The molecular formula is C10H10BrFO. The van der Waals surface area contributed by atoms with Crippen LogP contribution in [0.4, 0.5) is 4.39 Å². The predicted molar refractivity (Wildman–Crippen MR) is 53.4 cm³/mol. The Bertz CT molecular complexity index is 323. The summed E-state index contributed by atoms with van der Waals surface area (Å²) in [6.45, 7) is 1.50. The van der Waals surface area contributed by atoms with Gasteiger partial charge in [0.1, 0.15) is 11.6 Å². The number of rotatable bonds is 3. The van der Waals surface area contributed by atoms with Crippen molar-refractivity contribution in [3.05, 3.63) is 35.1 Å². The maximum atomic E-state index is 13.2. The van der Waals surface area contributed by atoms with Crippen LogP contribution in [0, 0.1) is 5.82 Å². The third-order valence-electron chi connectivity index (χ3n) is 1.71. The summed E-state index contributed by atoms with van der Waals surface area (Å²) in [7, 11) is 0. The van der Waals surface area contributed by atoms with Gasteiger partial charge in [0.25, 0.3) is 0 Å². The van der Waals surface area contributed by atoms with Crippen molar-refractivity contribution in [2.45, 2.75) is 18.7 Å². The lowest BCUT2D eigenvalue weighted by molar-refractivity contribution is -0.116. The van der Waals surface area contributed by atoms with Gasteiger partial charge in [-0.25, -0.2) is 4.39 Å². The van der Waals surface area contributed by atoms with Crippen LogP contribution < -0.4 is 0 Å². The van der Waals surface area contributed by atoms with Crippen LogP contribution in [0.15, 0.2) is 18.2 Å². The van der Waals surface area contributed by atoms with Crippen LogP contribution in [-0.2, 0) is 16.5 Å². The van der Waals surface area contributed by atoms with Crippen molar-refractivity contribution in [1.29, 1.82) is 0 Å². The molecule has 0 amide bonds. The molecule has 0 bridgehead atoms. The molecule has 0 aliphatic rings. The second kappa shape index (κ2) is 4.51. The monoisotopic (exact) mass is 244 g/mol. The first-order chi connectivity index (χ1) is 6.13. The Labute approximate surface area is 85.1 Å². The van der Waals surface area contributed by atoms with Crippen LogP contribution in [0.3, 0.4) is 0 Å². The highest BCUT2D eigenvalue weighted by molar-refractivity contribution is 9.08. The Morgan fingerprint density at radius 2 is 2.23 bits per heavy atom. The molecule has 1 rings (SSSR count). The highest BCUT2D eigenvalue weighted by atomic mass is 79.9. The molecule has 0 fully saturated rings. The summed E-state index contributed by atoms with van der Waals surface area (Å²) in [4.78, 5) is 10.7. The van der Waals surface area contributed by atoms with Gasteiger partial charge in [-0.15, -0.1) is 0 Å². The normalized spacial score (nSPS) is 10.1. The number of Topliss-reactive ketones (excluding diaryl/α,β-unsaturated/α-hetero) is 1. The Hall–Kier alpha value is -0.700. The average Bonchev–Trinajstić information content (AvgIpc) is 2.03. The molecule has 0 radical (unpaired) electrons. The van der Waals surface area contributed by atoms with Crippen molar-refractivity contribution in [2.75, 3.05) is 0 Å². The van der Waals surface area contributed by atoms with Crippen molar-refractivity contribution in [3.63, 3.8) is 0 Å². The molecule has 0 aromatic heterocycles. The van der Waals surface area contributed by atoms with E-state index in [4.69, 9.17) is 0 Å². The van der Waals surface area contributed by atoms with Crippen molar-refractivity contribution < 1.29 is 9.18 Å². The van der Waals surface area contributed by atoms with Gasteiger partial charge < -0.3 is 0 Å². The molecule has 70 valence electrons. The van der Waals surface area contributed by atoms with E-state index in [1.807, 2.05) is 0 Å². The van der Waals surface area contributed by atoms with Gasteiger partial charge in [-0.05, 0) is 24.1 Å². The van der Waals surface area contributed by atoms with Crippen LogP contribution in [0.25, 0.3) is 0 Å². The van der Waals surface area contributed by atoms with E-state index < -0.39 is 0 Å². The smallest absolute Gasteiger partial charge is 0.134 e. The lowest BCUT2D eigenvalue weighted by Gasteiger charge is -2.01. The minimum atomic E-state index is -0.254. The molecule has 13 heavy (non-hydrogen) atoms. The van der Waals surface area contributed by atoms with E-state index in [0.29, 0.717) is 17.3 Å². The molecule has 0 N–H and O–H groups in total. The molecule has 0 saturated carbocycles. The largest absolute Gasteiger partial charge is 0.300 e. The van der Waals surface area contributed by atoms with Gasteiger partial charge >= 0.3 is 0 Å². The van der Waals surface area contributed by atoms with Gasteiger partial charge in [0.2, 0.25) is 0 Å². The van der Waals surface area contributed by atoms with E-state index in [1.54, 1.807) is 12.1 Å². The molecule has 0 heterocycles. The molecule has 1 aromatic carbocycles. The molecular weight excluding hydrogens is 235 g/mol. The minimum Gasteiger partial charge on any atom is -0.300 e. The quantitative estimate of drug-likeness (QED) is 0.748. The summed E-state index contributed by atoms with van der Waals surface area (Å²) in [5.41, 5.74) is 1.35. The van der Waals surface area contributed by atoms with Crippen LogP contribution in [0.5, 0.6) is 0 Å². The molecule has 0 saturated heterocycles. The molecule has 1 nitrogen and oxygen atoms in total. The van der Waals surface area contributed by atoms with Crippen LogP contribution >= 0.6 is 15.9 Å². The van der Waals surface area contributed by atoms with Crippen molar-refractivity contribution in [2.24, 2.45) is 0 Å². The van der Waals surface area contributed by atoms with Gasteiger partial charge in [-0.1, -0.05) is 28.1 Å². The summed E-state index contributed by atoms with van der Waals surface area (Å²) < 4.78 is 13.2. The molecule has 0 atom stereocenters. The average molecular weight is 245 g/mol. The third-order valence-corrected chi connectivity index (χ3v) is 2.32. The van der Waals surface area contributed by atoms with Crippen molar-refractivity contribution >= 4 is 21.7 Å². The van der Waals surface area contributed by atoms with Crippen LogP contribution in [0.2, 0.25) is 0 Å². The maximum Gasteiger partial charge on any atom is 0.134 e. The first kappa shape index (κ1) is 10.4. The first-order valence-electron chi connectivity index (χ1n) is 3.96. The molecule has 0 spiro atoms. The van der Waals surface area contributed by atoms with E-state index in [2.05, 4.69) is 15.9 Å². The second-order valence-electron chi connectivity index (χ2n) is 2.94. The summed E-state index contributed by atoms with van der Waals surface area (Å²) in [5, 5.41) is 0.499. The summed E-state index contributed by atoms with van der Waals surface area (Å²) in [6.07, 6.45) is 0.305. The standard InChI is InChI=1S/C10H10BrFO/c1-7(13)4-8-2-3-9(6-11)10(12)5-8/h2-3,5H,4,6H2,1H3. The van der Waals surface area contributed by atoms with Gasteiger partial charge in [0, 0.05) is 11.8 Å². The van der Waals surface area contributed by atoms with Gasteiger partial charge in [0.05, 0.1) is 0 Å². The van der Waals surface area contributed by atoms with Gasteiger partial charge in [-0.2, -0.15) is 0 Å². The predicted octanol–water partition coefficient (Wildman–Crippen LogP) is 2.85. The number of hydrogen-bond acceptors (Lipinski definition) is 1. The number of benzene rings is 1. The van der Waals surface area contributed by atoms with Crippen molar-refractivity contribution in [3.8, 4) is 0 Å². The second-order valence-corrected chi connectivity index (χ2v) is 3.50. The fraction of sp³-hybridized carbons (Fsp3) is 0.300. The van der Waals surface area contributed by atoms with Gasteiger partial charge in [-0.3, -0.25) is 4.79 Å². The van der Waals surface area contributed by atoms with Crippen LogP contribution in [0.1, 0.15) is 18.1 Å². The number of hydrogen-bond donors (Lipinski definition) is 0. The Morgan fingerprint density at radius 3 is 2.69 bits per heavy atom. The fourth-order valence-corrected chi connectivity index (χ4v) is 1.55. The van der Waals surface area contributed by atoms with E-state index in [9.17, 15) is 9.18 Å². The summed E-state index contributed by atoms with van der Waals surface area (Å²) >= 11 is 3.18. The highest BCUT2D eigenvalue weighted by Crippen LogP contribution is 2.13. The van der Waals surface area contributed by atoms with E-state index in [-0.39, 0.29) is 11.6 Å². The number of carbonyl (C=O) groups excluding carboxylic acids is 1. The van der Waals surface area contributed by atoms with Crippen LogP contribution in [-0.4, -0.2) is 5.78 Å². The zero-order valence-electron chi connectivity index (χ0n) is 7.31. The minimum absolute atomic E-state index is 0.0472. The van der Waals surface area contributed by atoms with Crippen molar-refractivity contribution in [1.82, 2.24) is 0 Å². The number of alkyl halides is 1. The topological polar surface area (TPSA) is 17.1 Å². The zero-order chi connectivity index (χ0) is 9.84. The first-order valence-corrected chi connectivity index (χ1v) is 5.08. The molecule has 3 heteroatoms. The zero-order valence-corrected chi connectivity index (χ0v) is 8.90. The Morgan fingerprint density at radius 1 is 1.54 bits per heavy atom. The third kappa shape index (κ3) is 2.92. The molecule has 0 aliphatic carbocycles. The maximum absolute atomic E-state index is 13.2. The number of carbonyl (C=O) groups is 1. The molecule has 0 unspecified atom stereocenters. The SMILES string of the molecule is CC(=O)Cc1ccc(CBr)c(F)c1. The summed E-state index contributed by atoms with van der Waals surface area (Å²) in [5.74, 6) is -0.207. The number of halogens is 2. The number of ketones is 1. The van der Waals surface area contributed by atoms with E-state index in [0.717, 1.165) is 5.56 Å². The fourth-order valence-electron chi connectivity index (χ4n) is 1.10. The molecule has 1 aromatic rings. The lowest BCUT2D eigenvalue weighted by Crippen LogP contribution is -1.97. The van der Waals surface area contributed by atoms with E-state index in [1.165, 1.54) is 13.0 Å².